The monoisotopic (exact) mass is 440 g/mol. The average Bonchev–Trinajstić information content (AvgIpc) is 3.10. The SMILES string of the molecule is CC1(C)C[C@@H]1C(=O)N1CC2(CN(C(=O)c3cnn(Cc4ccc(F)cc4)c3)CC2CO)C1. The van der Waals surface area contributed by atoms with Crippen LogP contribution in [0.1, 0.15) is 36.2 Å². The molecule has 1 spiro atoms. The highest BCUT2D eigenvalue weighted by Crippen LogP contribution is 2.54. The number of halogens is 1. The molecular formula is C24H29FN4O3. The van der Waals surface area contributed by atoms with E-state index in [9.17, 15) is 19.1 Å². The molecule has 7 nitrogen and oxygen atoms in total. The van der Waals surface area contributed by atoms with Gasteiger partial charge in [0.1, 0.15) is 5.82 Å². The molecular weight excluding hydrogens is 411 g/mol. The number of hydrogen-bond acceptors (Lipinski definition) is 4. The van der Waals surface area contributed by atoms with E-state index < -0.39 is 0 Å². The molecule has 1 N–H and O–H groups in total. The van der Waals surface area contributed by atoms with Crippen molar-refractivity contribution in [2.75, 3.05) is 32.8 Å². The van der Waals surface area contributed by atoms with Crippen molar-refractivity contribution in [3.63, 3.8) is 0 Å². The number of carbonyl (C=O) groups excluding carboxylic acids is 2. The van der Waals surface area contributed by atoms with Gasteiger partial charge in [-0.2, -0.15) is 5.10 Å². The first-order valence-corrected chi connectivity index (χ1v) is 11.2. The van der Waals surface area contributed by atoms with Gasteiger partial charge in [0.25, 0.3) is 5.91 Å². The summed E-state index contributed by atoms with van der Waals surface area (Å²) in [7, 11) is 0. The third-order valence-electron chi connectivity index (χ3n) is 7.59. The molecule has 2 amide bonds. The standard InChI is InChI=1S/C24H29FN4O3/c1-23(2)7-20(23)22(32)28-14-24(15-28)13-27(11-18(24)12-30)21(31)17-8-26-29(10-17)9-16-3-5-19(25)6-4-16/h3-6,8,10,18,20,30H,7,9,11-15H2,1-2H3/t18?,20-/m1/s1. The molecule has 32 heavy (non-hydrogen) atoms. The van der Waals surface area contributed by atoms with Crippen LogP contribution >= 0.6 is 0 Å². The first kappa shape index (κ1) is 21.1. The Morgan fingerprint density at radius 2 is 1.81 bits per heavy atom. The maximum Gasteiger partial charge on any atom is 0.257 e. The molecule has 1 aromatic carbocycles. The van der Waals surface area contributed by atoms with Gasteiger partial charge < -0.3 is 14.9 Å². The second-order valence-electron chi connectivity index (χ2n) is 10.4. The molecule has 2 atom stereocenters. The van der Waals surface area contributed by atoms with Gasteiger partial charge in [-0.05, 0) is 29.5 Å². The second-order valence-corrected chi connectivity index (χ2v) is 10.4. The van der Waals surface area contributed by atoms with Crippen LogP contribution in [0.15, 0.2) is 36.7 Å². The smallest absolute Gasteiger partial charge is 0.257 e. The third-order valence-corrected chi connectivity index (χ3v) is 7.59. The quantitative estimate of drug-likeness (QED) is 0.772. The lowest BCUT2D eigenvalue weighted by Crippen LogP contribution is -2.63. The predicted molar refractivity (Wildman–Crippen MR) is 115 cm³/mol. The van der Waals surface area contributed by atoms with Crippen molar-refractivity contribution < 1.29 is 19.1 Å². The number of amides is 2. The minimum atomic E-state index is -0.288. The molecule has 2 aliphatic heterocycles. The fraction of sp³-hybridized carbons (Fsp3) is 0.542. The van der Waals surface area contributed by atoms with Crippen molar-refractivity contribution in [1.82, 2.24) is 19.6 Å². The zero-order chi connectivity index (χ0) is 22.7. The van der Waals surface area contributed by atoms with Gasteiger partial charge in [-0.25, -0.2) is 4.39 Å². The van der Waals surface area contributed by atoms with Crippen LogP contribution in [-0.4, -0.2) is 69.3 Å². The van der Waals surface area contributed by atoms with E-state index in [0.717, 1.165) is 12.0 Å². The molecule has 1 aromatic heterocycles. The van der Waals surface area contributed by atoms with Gasteiger partial charge in [0.2, 0.25) is 5.91 Å². The summed E-state index contributed by atoms with van der Waals surface area (Å²) in [4.78, 5) is 29.5. The van der Waals surface area contributed by atoms with Gasteiger partial charge in [0.15, 0.2) is 0 Å². The molecule has 8 heteroatoms. The van der Waals surface area contributed by atoms with E-state index in [-0.39, 0.29) is 46.9 Å². The molecule has 1 saturated carbocycles. The summed E-state index contributed by atoms with van der Waals surface area (Å²) in [5.74, 6) is -0.109. The summed E-state index contributed by atoms with van der Waals surface area (Å²) in [6.45, 7) is 6.93. The van der Waals surface area contributed by atoms with Crippen molar-refractivity contribution in [2.24, 2.45) is 22.7 Å². The van der Waals surface area contributed by atoms with E-state index in [4.69, 9.17) is 0 Å². The van der Waals surface area contributed by atoms with Crippen LogP contribution < -0.4 is 0 Å². The van der Waals surface area contributed by atoms with Crippen molar-refractivity contribution >= 4 is 11.8 Å². The highest BCUT2D eigenvalue weighted by atomic mass is 19.1. The Balaban J connectivity index is 1.22. The second kappa shape index (κ2) is 7.40. The molecule has 2 aromatic rings. The van der Waals surface area contributed by atoms with E-state index in [2.05, 4.69) is 18.9 Å². The number of hydrogen-bond donors (Lipinski definition) is 1. The van der Waals surface area contributed by atoms with Crippen molar-refractivity contribution in [3.05, 3.63) is 53.6 Å². The fourth-order valence-corrected chi connectivity index (χ4v) is 5.30. The molecule has 2 saturated heterocycles. The molecule has 1 aliphatic carbocycles. The molecule has 5 rings (SSSR count). The minimum absolute atomic E-state index is 0.00452. The van der Waals surface area contributed by atoms with E-state index in [1.54, 1.807) is 34.1 Å². The van der Waals surface area contributed by atoms with Gasteiger partial charge in [-0.3, -0.25) is 14.3 Å². The molecule has 3 fully saturated rings. The zero-order valence-electron chi connectivity index (χ0n) is 18.5. The number of nitrogens with zero attached hydrogens (tertiary/aromatic N) is 4. The first-order chi connectivity index (χ1) is 15.2. The molecule has 3 heterocycles. The Morgan fingerprint density at radius 1 is 1.16 bits per heavy atom. The van der Waals surface area contributed by atoms with Gasteiger partial charge in [0.05, 0.1) is 18.3 Å². The molecule has 0 bridgehead atoms. The van der Waals surface area contributed by atoms with E-state index in [1.165, 1.54) is 12.1 Å². The Morgan fingerprint density at radius 3 is 2.44 bits per heavy atom. The van der Waals surface area contributed by atoms with Crippen LogP contribution in [0.3, 0.4) is 0 Å². The zero-order valence-corrected chi connectivity index (χ0v) is 18.5. The Labute approximate surface area is 186 Å². The summed E-state index contributed by atoms with van der Waals surface area (Å²) in [6, 6.07) is 6.20. The lowest BCUT2D eigenvalue weighted by molar-refractivity contribution is -0.148. The summed E-state index contributed by atoms with van der Waals surface area (Å²) < 4.78 is 14.8. The number of aliphatic hydroxyl groups excluding tert-OH is 1. The third kappa shape index (κ3) is 3.60. The van der Waals surface area contributed by atoms with Gasteiger partial charge in [0, 0.05) is 56.2 Å². The summed E-state index contributed by atoms with van der Waals surface area (Å²) >= 11 is 0. The van der Waals surface area contributed by atoms with Crippen molar-refractivity contribution in [3.8, 4) is 0 Å². The van der Waals surface area contributed by atoms with Gasteiger partial charge in [-0.1, -0.05) is 26.0 Å². The van der Waals surface area contributed by atoms with Gasteiger partial charge in [-0.15, -0.1) is 0 Å². The van der Waals surface area contributed by atoms with Crippen LogP contribution in [0.2, 0.25) is 0 Å². The number of carbonyl (C=O) groups is 2. The molecule has 1 unspecified atom stereocenters. The van der Waals surface area contributed by atoms with Crippen LogP contribution in [0.5, 0.6) is 0 Å². The average molecular weight is 441 g/mol. The summed E-state index contributed by atoms with van der Waals surface area (Å²) in [5, 5.41) is 14.3. The summed E-state index contributed by atoms with van der Waals surface area (Å²) in [6.07, 6.45) is 4.19. The topological polar surface area (TPSA) is 78.7 Å². The summed E-state index contributed by atoms with van der Waals surface area (Å²) in [5.41, 5.74) is 1.27. The fourth-order valence-electron chi connectivity index (χ4n) is 5.30. The predicted octanol–water partition coefficient (Wildman–Crippen LogP) is 2.01. The van der Waals surface area contributed by atoms with Crippen LogP contribution in [0, 0.1) is 28.5 Å². The maximum absolute atomic E-state index is 13.1. The molecule has 170 valence electrons. The Kier molecular flexibility index (Phi) is 4.89. The number of aromatic nitrogens is 2. The van der Waals surface area contributed by atoms with E-state index in [1.807, 2.05) is 4.90 Å². The highest BCUT2D eigenvalue weighted by molar-refractivity contribution is 5.94. The largest absolute Gasteiger partial charge is 0.396 e. The van der Waals surface area contributed by atoms with E-state index >= 15 is 0 Å². The lowest BCUT2D eigenvalue weighted by Gasteiger charge is -2.50. The number of likely N-dealkylation sites (tertiary alicyclic amines) is 2. The highest BCUT2D eigenvalue weighted by Gasteiger charge is 2.60. The minimum Gasteiger partial charge on any atom is -0.396 e. The first-order valence-electron chi connectivity index (χ1n) is 11.2. The van der Waals surface area contributed by atoms with Crippen molar-refractivity contribution in [1.29, 1.82) is 0 Å². The number of rotatable bonds is 5. The van der Waals surface area contributed by atoms with Crippen molar-refractivity contribution in [2.45, 2.75) is 26.8 Å². The van der Waals surface area contributed by atoms with Crippen LogP contribution in [-0.2, 0) is 11.3 Å². The normalized spacial score (nSPS) is 25.1. The van der Waals surface area contributed by atoms with Crippen LogP contribution in [0.25, 0.3) is 0 Å². The molecule has 0 radical (unpaired) electrons. The number of benzene rings is 1. The number of aliphatic hydroxyl groups is 1. The van der Waals surface area contributed by atoms with Gasteiger partial charge >= 0.3 is 0 Å². The molecule has 3 aliphatic rings. The Bertz CT molecular complexity index is 1040. The maximum atomic E-state index is 13.1. The Hall–Kier alpha value is -2.74. The lowest BCUT2D eigenvalue weighted by atomic mass is 9.71. The van der Waals surface area contributed by atoms with E-state index in [0.29, 0.717) is 38.3 Å². The van der Waals surface area contributed by atoms with Crippen LogP contribution in [0.4, 0.5) is 4.39 Å².